The van der Waals surface area contributed by atoms with Crippen molar-refractivity contribution in [3.63, 3.8) is 0 Å². The summed E-state index contributed by atoms with van der Waals surface area (Å²) in [6, 6.07) is 12.6. The van der Waals surface area contributed by atoms with E-state index in [9.17, 15) is 4.79 Å². The third-order valence-electron chi connectivity index (χ3n) is 3.14. The van der Waals surface area contributed by atoms with Crippen molar-refractivity contribution in [1.29, 1.82) is 0 Å². The smallest absolute Gasteiger partial charge is 0.251 e. The van der Waals surface area contributed by atoms with Gasteiger partial charge in [0.15, 0.2) is 0 Å². The molecule has 1 amide bonds. The topological polar surface area (TPSA) is 38.3 Å². The molecule has 2 rings (SSSR count). The molecule has 0 aliphatic carbocycles. The van der Waals surface area contributed by atoms with Gasteiger partial charge < -0.3 is 10.1 Å². The number of carbonyl (C=O) groups is 1. The summed E-state index contributed by atoms with van der Waals surface area (Å²) in [7, 11) is 1.58. The molecule has 0 radical (unpaired) electrons. The van der Waals surface area contributed by atoms with Crippen molar-refractivity contribution in [3.05, 3.63) is 63.6 Å². The van der Waals surface area contributed by atoms with Crippen LogP contribution in [0.4, 0.5) is 0 Å². The Labute approximate surface area is 150 Å². The average Bonchev–Trinajstić information content (AvgIpc) is 2.56. The number of benzene rings is 2. The highest BCUT2D eigenvalue weighted by atomic mass is 35.5. The maximum atomic E-state index is 12.0. The highest BCUT2D eigenvalue weighted by Gasteiger charge is 2.06. The van der Waals surface area contributed by atoms with E-state index in [1.807, 2.05) is 18.2 Å². The van der Waals surface area contributed by atoms with Crippen LogP contribution in [0.3, 0.4) is 0 Å². The van der Waals surface area contributed by atoms with Crippen LogP contribution in [0.1, 0.15) is 15.9 Å². The number of halogens is 2. The minimum Gasteiger partial charge on any atom is -0.497 e. The Kier molecular flexibility index (Phi) is 7.09. The van der Waals surface area contributed by atoms with Gasteiger partial charge in [0.1, 0.15) is 5.75 Å². The maximum absolute atomic E-state index is 12.0. The Balaban J connectivity index is 1.73. The Hall–Kier alpha value is -1.36. The van der Waals surface area contributed by atoms with Crippen molar-refractivity contribution in [2.45, 2.75) is 5.75 Å². The summed E-state index contributed by atoms with van der Waals surface area (Å²) in [6.45, 7) is 0.589. The molecule has 0 aliphatic heterocycles. The van der Waals surface area contributed by atoms with Gasteiger partial charge in [-0.3, -0.25) is 4.79 Å². The summed E-state index contributed by atoms with van der Waals surface area (Å²) in [5.74, 6) is 2.15. The van der Waals surface area contributed by atoms with Crippen LogP contribution in [-0.2, 0) is 5.75 Å². The number of amides is 1. The molecular weight excluding hydrogens is 353 g/mol. The van der Waals surface area contributed by atoms with Gasteiger partial charge in [-0.2, -0.15) is 11.8 Å². The quantitative estimate of drug-likeness (QED) is 0.720. The first-order chi connectivity index (χ1) is 11.1. The van der Waals surface area contributed by atoms with Crippen LogP contribution in [0.15, 0.2) is 42.5 Å². The maximum Gasteiger partial charge on any atom is 0.251 e. The first-order valence-electron chi connectivity index (χ1n) is 7.04. The fourth-order valence-electron chi connectivity index (χ4n) is 1.92. The Morgan fingerprint density at radius 3 is 2.78 bits per heavy atom. The minimum atomic E-state index is -0.103. The van der Waals surface area contributed by atoms with Gasteiger partial charge >= 0.3 is 0 Å². The summed E-state index contributed by atoms with van der Waals surface area (Å²) >= 11 is 13.7. The zero-order valence-corrected chi connectivity index (χ0v) is 15.0. The van der Waals surface area contributed by atoms with Crippen molar-refractivity contribution in [2.24, 2.45) is 0 Å². The molecule has 23 heavy (non-hydrogen) atoms. The van der Waals surface area contributed by atoms with Crippen molar-refractivity contribution < 1.29 is 9.53 Å². The minimum absolute atomic E-state index is 0.103. The Morgan fingerprint density at radius 1 is 1.22 bits per heavy atom. The summed E-state index contributed by atoms with van der Waals surface area (Å²) in [5, 5.41) is 4.20. The molecule has 0 atom stereocenters. The summed E-state index contributed by atoms with van der Waals surface area (Å²) in [4.78, 5) is 12.0. The second kappa shape index (κ2) is 9.06. The molecule has 0 aliphatic rings. The van der Waals surface area contributed by atoms with E-state index < -0.39 is 0 Å². The molecule has 0 fully saturated rings. The molecule has 0 bridgehead atoms. The Morgan fingerprint density at radius 2 is 2.04 bits per heavy atom. The van der Waals surface area contributed by atoms with Crippen LogP contribution in [0, 0.1) is 0 Å². The van der Waals surface area contributed by atoms with Crippen molar-refractivity contribution in [2.75, 3.05) is 19.4 Å². The third kappa shape index (κ3) is 5.65. The first kappa shape index (κ1) is 18.0. The SMILES string of the molecule is COc1cccc(C(=O)NCCSCc2ccc(Cl)cc2Cl)c1. The van der Waals surface area contributed by atoms with E-state index in [0.717, 1.165) is 17.1 Å². The molecule has 0 saturated carbocycles. The molecule has 3 nitrogen and oxygen atoms in total. The monoisotopic (exact) mass is 369 g/mol. The van der Waals surface area contributed by atoms with Gasteiger partial charge in [0.25, 0.3) is 5.91 Å². The summed E-state index contributed by atoms with van der Waals surface area (Å²) in [5.41, 5.74) is 1.63. The van der Waals surface area contributed by atoms with Crippen molar-refractivity contribution in [1.82, 2.24) is 5.32 Å². The predicted molar refractivity (Wildman–Crippen MR) is 98.0 cm³/mol. The van der Waals surface area contributed by atoms with Crippen LogP contribution < -0.4 is 10.1 Å². The molecule has 6 heteroatoms. The standard InChI is InChI=1S/C17H17Cl2NO2S/c1-22-15-4-2-3-12(9-15)17(21)20-7-8-23-11-13-5-6-14(18)10-16(13)19/h2-6,9-10H,7-8,11H2,1H3,(H,20,21). The summed E-state index contributed by atoms with van der Waals surface area (Å²) in [6.07, 6.45) is 0. The zero-order chi connectivity index (χ0) is 16.7. The molecule has 122 valence electrons. The van der Waals surface area contributed by atoms with E-state index in [4.69, 9.17) is 27.9 Å². The second-order valence-electron chi connectivity index (χ2n) is 4.78. The average molecular weight is 370 g/mol. The molecule has 2 aromatic carbocycles. The molecular formula is C17H17Cl2NO2S. The van der Waals surface area contributed by atoms with E-state index in [-0.39, 0.29) is 5.91 Å². The molecule has 1 N–H and O–H groups in total. The van der Waals surface area contributed by atoms with Crippen LogP contribution >= 0.6 is 35.0 Å². The number of thioether (sulfide) groups is 1. The van der Waals surface area contributed by atoms with Gasteiger partial charge in [0.05, 0.1) is 7.11 Å². The van der Waals surface area contributed by atoms with E-state index >= 15 is 0 Å². The molecule has 0 spiro atoms. The molecule has 0 saturated heterocycles. The van der Waals surface area contributed by atoms with Gasteiger partial charge in [0, 0.05) is 33.7 Å². The lowest BCUT2D eigenvalue weighted by Gasteiger charge is -2.07. The molecule has 2 aromatic rings. The van der Waals surface area contributed by atoms with E-state index in [1.165, 1.54) is 0 Å². The normalized spacial score (nSPS) is 10.4. The molecule has 0 heterocycles. The van der Waals surface area contributed by atoms with Crippen LogP contribution in [0.5, 0.6) is 5.75 Å². The number of hydrogen-bond acceptors (Lipinski definition) is 3. The van der Waals surface area contributed by atoms with E-state index in [1.54, 1.807) is 43.1 Å². The third-order valence-corrected chi connectivity index (χ3v) is 4.73. The van der Waals surface area contributed by atoms with Gasteiger partial charge in [-0.15, -0.1) is 0 Å². The van der Waals surface area contributed by atoms with E-state index in [0.29, 0.717) is 27.9 Å². The number of methoxy groups -OCH3 is 1. The fourth-order valence-corrected chi connectivity index (χ4v) is 3.34. The van der Waals surface area contributed by atoms with Gasteiger partial charge in [-0.1, -0.05) is 35.3 Å². The number of nitrogens with one attached hydrogen (secondary N) is 1. The highest BCUT2D eigenvalue weighted by molar-refractivity contribution is 7.98. The van der Waals surface area contributed by atoms with Crippen molar-refractivity contribution in [3.8, 4) is 5.75 Å². The highest BCUT2D eigenvalue weighted by Crippen LogP contribution is 2.24. The second-order valence-corrected chi connectivity index (χ2v) is 6.72. The zero-order valence-electron chi connectivity index (χ0n) is 12.6. The largest absolute Gasteiger partial charge is 0.497 e. The number of ether oxygens (including phenoxy) is 1. The lowest BCUT2D eigenvalue weighted by Crippen LogP contribution is -2.25. The van der Waals surface area contributed by atoms with Crippen LogP contribution in [-0.4, -0.2) is 25.3 Å². The van der Waals surface area contributed by atoms with Crippen molar-refractivity contribution >= 4 is 40.9 Å². The van der Waals surface area contributed by atoms with Crippen LogP contribution in [0.25, 0.3) is 0 Å². The first-order valence-corrected chi connectivity index (χ1v) is 8.95. The van der Waals surface area contributed by atoms with Gasteiger partial charge in [-0.05, 0) is 35.9 Å². The summed E-state index contributed by atoms with van der Waals surface area (Å²) < 4.78 is 5.11. The van der Waals surface area contributed by atoms with E-state index in [2.05, 4.69) is 5.32 Å². The molecule has 0 aromatic heterocycles. The Bertz CT molecular complexity index is 679. The number of rotatable bonds is 7. The lowest BCUT2D eigenvalue weighted by atomic mass is 10.2. The fraction of sp³-hybridized carbons (Fsp3) is 0.235. The molecule has 0 unspecified atom stereocenters. The number of carbonyl (C=O) groups excluding carboxylic acids is 1. The van der Waals surface area contributed by atoms with Gasteiger partial charge in [-0.25, -0.2) is 0 Å². The predicted octanol–water partition coefficient (Wildman–Crippen LogP) is 4.67. The van der Waals surface area contributed by atoms with Gasteiger partial charge in [0.2, 0.25) is 0 Å². The van der Waals surface area contributed by atoms with Crippen LogP contribution in [0.2, 0.25) is 10.0 Å². The number of hydrogen-bond donors (Lipinski definition) is 1. The lowest BCUT2D eigenvalue weighted by molar-refractivity contribution is 0.0956.